The lowest BCUT2D eigenvalue weighted by atomic mass is 9.97. The minimum Gasteiger partial charge on any atom is -0.301 e. The number of nitrogens with zero attached hydrogens (tertiary/aromatic N) is 2. The molecule has 0 aromatic heterocycles. The second-order valence-electron chi connectivity index (χ2n) is 4.67. The maximum absolute atomic E-state index is 13.6. The molecular formula is C13H10F3N3OS. The van der Waals surface area contributed by atoms with E-state index in [1.54, 1.807) is 19.1 Å². The Labute approximate surface area is 122 Å². The number of thioether (sulfide) groups is 1. The van der Waals surface area contributed by atoms with E-state index in [9.17, 15) is 18.0 Å². The van der Waals surface area contributed by atoms with Gasteiger partial charge in [0.15, 0.2) is 5.17 Å². The highest BCUT2D eigenvalue weighted by molar-refractivity contribution is 8.16. The first-order chi connectivity index (χ1) is 9.83. The molecule has 0 saturated heterocycles. The van der Waals surface area contributed by atoms with Crippen molar-refractivity contribution in [3.63, 3.8) is 0 Å². The van der Waals surface area contributed by atoms with Crippen LogP contribution in [0, 0.1) is 6.92 Å². The number of benzene rings is 1. The Hall–Kier alpha value is -1.96. The van der Waals surface area contributed by atoms with Crippen LogP contribution in [0.25, 0.3) is 0 Å². The van der Waals surface area contributed by atoms with Crippen LogP contribution in [0.15, 0.2) is 40.9 Å². The van der Waals surface area contributed by atoms with Gasteiger partial charge in [0.1, 0.15) is 0 Å². The number of rotatable bonds is 1. The third kappa shape index (κ3) is 2.10. The number of fused-ring (bicyclic) bond motifs is 1. The molecule has 1 unspecified atom stereocenters. The number of alkyl halides is 3. The minimum absolute atomic E-state index is 0.0108. The normalized spacial score (nSPS) is 24.7. The fraction of sp³-hybridized carbons (Fsp3) is 0.231. The van der Waals surface area contributed by atoms with Crippen LogP contribution < -0.4 is 5.32 Å². The molecular weight excluding hydrogens is 303 g/mol. The number of hydrogen-bond acceptors (Lipinski definition) is 3. The van der Waals surface area contributed by atoms with Gasteiger partial charge >= 0.3 is 12.2 Å². The zero-order valence-electron chi connectivity index (χ0n) is 10.8. The first-order valence-electron chi connectivity index (χ1n) is 6.02. The Morgan fingerprint density at radius 3 is 2.57 bits per heavy atom. The highest BCUT2D eigenvalue weighted by atomic mass is 32.2. The summed E-state index contributed by atoms with van der Waals surface area (Å²) in [4.78, 5) is 16.8. The maximum Gasteiger partial charge on any atom is 0.436 e. The quantitative estimate of drug-likeness (QED) is 0.864. The number of hydrogen-bond donors (Lipinski definition) is 1. The summed E-state index contributed by atoms with van der Waals surface area (Å²) < 4.78 is 40.9. The Bertz CT molecular complexity index is 654. The fourth-order valence-electron chi connectivity index (χ4n) is 2.12. The average molecular weight is 313 g/mol. The van der Waals surface area contributed by atoms with Crippen LogP contribution in [0.2, 0.25) is 0 Å². The van der Waals surface area contributed by atoms with Gasteiger partial charge in [0.05, 0.1) is 0 Å². The minimum atomic E-state index is -4.75. The number of aliphatic imine (C=N–C) groups is 1. The van der Waals surface area contributed by atoms with Crippen molar-refractivity contribution < 1.29 is 18.0 Å². The standard InChI is InChI=1S/C13H10F3N3OS/c1-8-2-4-9(5-3-8)12(13(14,15)16)17-10(20)19-6-7-21-11(19)18-12/h2-7H,1H3,(H,17,20). The largest absolute Gasteiger partial charge is 0.436 e. The van der Waals surface area contributed by atoms with Gasteiger partial charge in [-0.1, -0.05) is 41.6 Å². The third-order valence-electron chi connectivity index (χ3n) is 3.24. The van der Waals surface area contributed by atoms with Crippen molar-refractivity contribution in [1.82, 2.24) is 10.2 Å². The van der Waals surface area contributed by atoms with Gasteiger partial charge in [-0.2, -0.15) is 13.2 Å². The molecule has 3 rings (SSSR count). The van der Waals surface area contributed by atoms with Crippen molar-refractivity contribution in [3.8, 4) is 0 Å². The third-order valence-corrected chi connectivity index (χ3v) is 4.00. The van der Waals surface area contributed by atoms with Gasteiger partial charge < -0.3 is 5.32 Å². The van der Waals surface area contributed by atoms with Crippen LogP contribution >= 0.6 is 11.8 Å². The van der Waals surface area contributed by atoms with Crippen LogP contribution in [0.4, 0.5) is 18.0 Å². The van der Waals surface area contributed by atoms with Crippen LogP contribution in [0.5, 0.6) is 0 Å². The van der Waals surface area contributed by atoms with E-state index in [2.05, 4.69) is 4.99 Å². The zero-order valence-corrected chi connectivity index (χ0v) is 11.6. The molecule has 1 aromatic rings. The summed E-state index contributed by atoms with van der Waals surface area (Å²) >= 11 is 0.981. The number of urea groups is 1. The van der Waals surface area contributed by atoms with E-state index in [-0.39, 0.29) is 10.7 Å². The van der Waals surface area contributed by atoms with Gasteiger partial charge in [0, 0.05) is 11.8 Å². The average Bonchev–Trinajstić information content (AvgIpc) is 2.86. The molecule has 0 bridgehead atoms. The van der Waals surface area contributed by atoms with Crippen LogP contribution in [-0.4, -0.2) is 22.3 Å². The van der Waals surface area contributed by atoms with E-state index in [0.717, 1.165) is 22.2 Å². The number of aryl methyl sites for hydroxylation is 1. The molecule has 8 heteroatoms. The maximum atomic E-state index is 13.6. The molecule has 1 aromatic carbocycles. The summed E-state index contributed by atoms with van der Waals surface area (Å²) in [6.45, 7) is 1.77. The number of nitrogens with one attached hydrogen (secondary N) is 1. The van der Waals surface area contributed by atoms with Crippen molar-refractivity contribution in [2.75, 3.05) is 0 Å². The molecule has 110 valence electrons. The fourth-order valence-corrected chi connectivity index (χ4v) is 2.87. The van der Waals surface area contributed by atoms with Crippen molar-refractivity contribution >= 4 is 23.0 Å². The lowest BCUT2D eigenvalue weighted by Gasteiger charge is -2.38. The van der Waals surface area contributed by atoms with E-state index in [0.29, 0.717) is 0 Å². The molecule has 1 atom stereocenters. The summed E-state index contributed by atoms with van der Waals surface area (Å²) in [5, 5.41) is 3.51. The zero-order chi connectivity index (χ0) is 15.3. The molecule has 1 N–H and O–H groups in total. The van der Waals surface area contributed by atoms with E-state index >= 15 is 0 Å². The summed E-state index contributed by atoms with van der Waals surface area (Å²) in [5.41, 5.74) is -2.04. The summed E-state index contributed by atoms with van der Waals surface area (Å²) in [6.07, 6.45) is -3.37. The first-order valence-corrected chi connectivity index (χ1v) is 6.90. The van der Waals surface area contributed by atoms with E-state index < -0.39 is 17.9 Å². The molecule has 2 heterocycles. The van der Waals surface area contributed by atoms with Gasteiger partial charge in [-0.3, -0.25) is 0 Å². The molecule has 0 spiro atoms. The highest BCUT2D eigenvalue weighted by Gasteiger charge is 2.60. The van der Waals surface area contributed by atoms with Gasteiger partial charge in [-0.25, -0.2) is 14.7 Å². The Balaban J connectivity index is 2.18. The number of carbonyl (C=O) groups excluding carboxylic acids is 1. The molecule has 0 fully saturated rings. The van der Waals surface area contributed by atoms with Crippen molar-refractivity contribution in [3.05, 3.63) is 47.0 Å². The van der Waals surface area contributed by atoms with Crippen LogP contribution in [0.3, 0.4) is 0 Å². The Kier molecular flexibility index (Phi) is 3.01. The van der Waals surface area contributed by atoms with E-state index in [4.69, 9.17) is 0 Å². The van der Waals surface area contributed by atoms with E-state index in [1.165, 1.54) is 23.7 Å². The topological polar surface area (TPSA) is 44.7 Å². The summed E-state index contributed by atoms with van der Waals surface area (Å²) in [6, 6.07) is 4.92. The number of amidine groups is 1. The SMILES string of the molecule is Cc1ccc(C2(C(F)(F)F)N=C3SC=CN3C(=O)N2)cc1. The second kappa shape index (κ2) is 4.52. The summed E-state index contributed by atoms with van der Waals surface area (Å²) in [5.74, 6) is 0. The number of carbonyl (C=O) groups is 1. The molecule has 21 heavy (non-hydrogen) atoms. The van der Waals surface area contributed by atoms with Crippen LogP contribution in [0.1, 0.15) is 11.1 Å². The van der Waals surface area contributed by atoms with Crippen molar-refractivity contribution in [1.29, 1.82) is 0 Å². The molecule has 2 amide bonds. The Morgan fingerprint density at radius 2 is 1.95 bits per heavy atom. The molecule has 2 aliphatic heterocycles. The second-order valence-corrected chi connectivity index (χ2v) is 5.54. The lowest BCUT2D eigenvalue weighted by molar-refractivity contribution is -0.196. The van der Waals surface area contributed by atoms with Gasteiger partial charge in [0.2, 0.25) is 0 Å². The predicted octanol–water partition coefficient (Wildman–Crippen LogP) is 3.31. The van der Waals surface area contributed by atoms with E-state index in [1.807, 2.05) is 5.32 Å². The summed E-state index contributed by atoms with van der Waals surface area (Å²) in [7, 11) is 0. The van der Waals surface area contributed by atoms with Crippen molar-refractivity contribution in [2.45, 2.75) is 18.8 Å². The predicted molar refractivity (Wildman–Crippen MR) is 73.4 cm³/mol. The van der Waals surface area contributed by atoms with Crippen molar-refractivity contribution in [2.24, 2.45) is 4.99 Å². The molecule has 2 aliphatic rings. The first kappa shape index (κ1) is 14.0. The lowest BCUT2D eigenvalue weighted by Crippen LogP contribution is -2.61. The highest BCUT2D eigenvalue weighted by Crippen LogP contribution is 2.44. The Morgan fingerprint density at radius 1 is 1.29 bits per heavy atom. The molecule has 4 nitrogen and oxygen atoms in total. The number of amides is 2. The van der Waals surface area contributed by atoms with Gasteiger partial charge in [-0.15, -0.1) is 0 Å². The molecule has 0 saturated carbocycles. The number of halogens is 3. The molecule has 0 radical (unpaired) electrons. The van der Waals surface area contributed by atoms with Gasteiger partial charge in [0.25, 0.3) is 5.66 Å². The van der Waals surface area contributed by atoms with Gasteiger partial charge in [-0.05, 0) is 12.3 Å². The smallest absolute Gasteiger partial charge is 0.301 e. The monoisotopic (exact) mass is 313 g/mol. The van der Waals surface area contributed by atoms with Crippen LogP contribution in [-0.2, 0) is 5.66 Å². The molecule has 0 aliphatic carbocycles.